The van der Waals surface area contributed by atoms with E-state index < -0.39 is 28.2 Å². The highest BCUT2D eigenvalue weighted by molar-refractivity contribution is 7.89. The third kappa shape index (κ3) is 2.93. The third-order valence-corrected chi connectivity index (χ3v) is 6.64. The predicted octanol–water partition coefficient (Wildman–Crippen LogP) is 2.97. The molecule has 4 nitrogen and oxygen atoms in total. The van der Waals surface area contributed by atoms with Crippen LogP contribution in [0.15, 0.2) is 16.3 Å². The van der Waals surface area contributed by atoms with Crippen LogP contribution in [0.4, 0.5) is 13.2 Å². The van der Waals surface area contributed by atoms with E-state index in [1.165, 1.54) is 18.4 Å². The molecule has 0 N–H and O–H groups in total. The average Bonchev–Trinajstić information content (AvgIpc) is 2.86. The van der Waals surface area contributed by atoms with Crippen LogP contribution in [0.5, 0.6) is 0 Å². The number of thiophene rings is 1. The van der Waals surface area contributed by atoms with Crippen molar-refractivity contribution in [2.45, 2.75) is 36.9 Å². The molecule has 1 aliphatic heterocycles. The maximum atomic E-state index is 13.0. The second-order valence-corrected chi connectivity index (χ2v) is 7.65. The van der Waals surface area contributed by atoms with Crippen LogP contribution in [0.2, 0.25) is 0 Å². The lowest BCUT2D eigenvalue weighted by Crippen LogP contribution is -2.51. The van der Waals surface area contributed by atoms with Crippen molar-refractivity contribution in [1.29, 1.82) is 5.26 Å². The summed E-state index contributed by atoms with van der Waals surface area (Å²) in [6.07, 6.45) is -4.36. The summed E-state index contributed by atoms with van der Waals surface area (Å²) < 4.78 is 64.8. The van der Waals surface area contributed by atoms with Gasteiger partial charge in [0, 0.05) is 12.6 Å². The van der Waals surface area contributed by atoms with Gasteiger partial charge >= 0.3 is 6.18 Å². The van der Waals surface area contributed by atoms with Gasteiger partial charge in [-0.15, -0.1) is 11.3 Å². The van der Waals surface area contributed by atoms with Gasteiger partial charge in [0.25, 0.3) is 0 Å². The zero-order chi connectivity index (χ0) is 15.8. The molecule has 0 saturated carbocycles. The number of rotatable bonds is 2. The number of hydrogen-bond acceptors (Lipinski definition) is 4. The van der Waals surface area contributed by atoms with E-state index in [4.69, 9.17) is 5.26 Å². The van der Waals surface area contributed by atoms with Gasteiger partial charge in [-0.3, -0.25) is 0 Å². The Morgan fingerprint density at radius 2 is 2.14 bits per heavy atom. The lowest BCUT2D eigenvalue weighted by atomic mass is 9.91. The molecule has 2 rings (SSSR count). The van der Waals surface area contributed by atoms with E-state index in [0.29, 0.717) is 0 Å². The Kier molecular flexibility index (Phi) is 4.33. The van der Waals surface area contributed by atoms with Crippen LogP contribution < -0.4 is 0 Å². The topological polar surface area (TPSA) is 61.2 Å². The molecule has 0 aliphatic carbocycles. The number of alkyl halides is 3. The Hall–Kier alpha value is -1.11. The number of piperidine rings is 1. The van der Waals surface area contributed by atoms with Crippen molar-refractivity contribution in [2.24, 2.45) is 5.92 Å². The van der Waals surface area contributed by atoms with Crippen LogP contribution in [-0.2, 0) is 10.0 Å². The molecular formula is C12H13F3N2O2S2. The second-order valence-electron chi connectivity index (χ2n) is 4.87. The predicted molar refractivity (Wildman–Crippen MR) is 71.2 cm³/mol. The van der Waals surface area contributed by atoms with Crippen LogP contribution in [0, 0.1) is 17.2 Å². The summed E-state index contributed by atoms with van der Waals surface area (Å²) in [6.45, 7) is 1.31. The molecule has 1 fully saturated rings. The number of hydrogen-bond donors (Lipinski definition) is 0. The lowest BCUT2D eigenvalue weighted by molar-refractivity contribution is -0.193. The Bertz CT molecular complexity index is 661. The quantitative estimate of drug-likeness (QED) is 0.833. The molecule has 21 heavy (non-hydrogen) atoms. The molecule has 2 heterocycles. The minimum Gasteiger partial charge on any atom is -0.207 e. The summed E-state index contributed by atoms with van der Waals surface area (Å²) in [5.74, 6) is -1.68. The number of sulfonamides is 1. The van der Waals surface area contributed by atoms with Gasteiger partial charge in [-0.05, 0) is 31.2 Å². The minimum absolute atomic E-state index is 0.00340. The zero-order valence-corrected chi connectivity index (χ0v) is 12.7. The van der Waals surface area contributed by atoms with Crippen molar-refractivity contribution >= 4 is 21.4 Å². The van der Waals surface area contributed by atoms with E-state index in [0.717, 1.165) is 15.6 Å². The molecule has 0 bridgehead atoms. The van der Waals surface area contributed by atoms with E-state index in [2.05, 4.69) is 0 Å². The molecule has 9 heteroatoms. The first-order valence-corrected chi connectivity index (χ1v) is 8.57. The largest absolute Gasteiger partial charge is 0.393 e. The first kappa shape index (κ1) is 16.3. The summed E-state index contributed by atoms with van der Waals surface area (Å²) in [7, 11) is -4.08. The van der Waals surface area contributed by atoms with Crippen LogP contribution in [0.1, 0.15) is 24.6 Å². The Morgan fingerprint density at radius 3 is 2.71 bits per heavy atom. The van der Waals surface area contributed by atoms with E-state index in [9.17, 15) is 21.6 Å². The molecule has 2 unspecified atom stereocenters. The van der Waals surface area contributed by atoms with Gasteiger partial charge in [0.2, 0.25) is 10.0 Å². The smallest absolute Gasteiger partial charge is 0.207 e. The third-order valence-electron chi connectivity index (χ3n) is 3.67. The number of nitriles is 1. The van der Waals surface area contributed by atoms with Crippen molar-refractivity contribution < 1.29 is 21.6 Å². The molecule has 1 saturated heterocycles. The fourth-order valence-electron chi connectivity index (χ4n) is 2.60. The molecule has 116 valence electrons. The highest BCUT2D eigenvalue weighted by atomic mass is 32.2. The molecule has 0 spiro atoms. The lowest BCUT2D eigenvalue weighted by Gasteiger charge is -2.38. The van der Waals surface area contributed by atoms with Crippen LogP contribution >= 0.6 is 11.3 Å². The Morgan fingerprint density at radius 1 is 1.48 bits per heavy atom. The van der Waals surface area contributed by atoms with Crippen molar-refractivity contribution in [3.63, 3.8) is 0 Å². The summed E-state index contributed by atoms with van der Waals surface area (Å²) in [5, 5.41) is 10.4. The Labute approximate surface area is 124 Å². The van der Waals surface area contributed by atoms with E-state index in [1.807, 2.05) is 0 Å². The van der Waals surface area contributed by atoms with Crippen LogP contribution in [0.25, 0.3) is 0 Å². The molecule has 0 aromatic carbocycles. The van der Waals surface area contributed by atoms with E-state index in [-0.39, 0.29) is 29.2 Å². The number of nitrogens with zero attached hydrogens (tertiary/aromatic N) is 2. The summed E-state index contributed by atoms with van der Waals surface area (Å²) in [6, 6.07) is 1.86. The van der Waals surface area contributed by atoms with Crippen molar-refractivity contribution in [3.05, 3.63) is 16.3 Å². The summed E-state index contributed by atoms with van der Waals surface area (Å²) in [5.41, 5.74) is 0. The maximum absolute atomic E-state index is 13.0. The molecule has 1 aromatic heterocycles. The van der Waals surface area contributed by atoms with Gasteiger partial charge in [0.15, 0.2) is 0 Å². The standard InChI is InChI=1S/C12H13F3N2O2S2/c1-8-9(12(13,14)15)3-2-5-17(8)21(18,19)11-4-6-20-10(11)7-16/h4,6,8-9H,2-3,5H2,1H3. The Balaban J connectivity index is 2.39. The number of halogens is 3. The van der Waals surface area contributed by atoms with Crippen LogP contribution in [0.3, 0.4) is 0 Å². The second kappa shape index (κ2) is 5.59. The van der Waals surface area contributed by atoms with Gasteiger partial charge in [0.05, 0.1) is 5.92 Å². The molecule has 1 aliphatic rings. The first-order valence-electron chi connectivity index (χ1n) is 6.25. The van der Waals surface area contributed by atoms with Gasteiger partial charge in [-0.25, -0.2) is 8.42 Å². The highest BCUT2D eigenvalue weighted by Crippen LogP contribution is 2.39. The minimum atomic E-state index is -4.43. The summed E-state index contributed by atoms with van der Waals surface area (Å²) >= 11 is 0.959. The molecule has 0 amide bonds. The normalized spacial score (nSPS) is 24.7. The van der Waals surface area contributed by atoms with E-state index in [1.54, 1.807) is 6.07 Å². The molecule has 0 radical (unpaired) electrons. The van der Waals surface area contributed by atoms with Gasteiger partial charge in [0.1, 0.15) is 15.8 Å². The maximum Gasteiger partial charge on any atom is 0.393 e. The molecular weight excluding hydrogens is 325 g/mol. The molecule has 2 atom stereocenters. The fraction of sp³-hybridized carbons (Fsp3) is 0.583. The first-order chi connectivity index (χ1) is 9.69. The van der Waals surface area contributed by atoms with Crippen molar-refractivity contribution in [2.75, 3.05) is 6.54 Å². The summed E-state index contributed by atoms with van der Waals surface area (Å²) in [4.78, 5) is -0.207. The van der Waals surface area contributed by atoms with Gasteiger partial charge in [-0.2, -0.15) is 22.7 Å². The zero-order valence-electron chi connectivity index (χ0n) is 11.1. The average molecular weight is 338 g/mol. The SMILES string of the molecule is CC1C(C(F)(F)F)CCCN1S(=O)(=O)c1ccsc1C#N. The van der Waals surface area contributed by atoms with Gasteiger partial charge < -0.3 is 0 Å². The van der Waals surface area contributed by atoms with Crippen molar-refractivity contribution in [1.82, 2.24) is 4.31 Å². The van der Waals surface area contributed by atoms with Crippen LogP contribution in [-0.4, -0.2) is 31.5 Å². The monoisotopic (exact) mass is 338 g/mol. The van der Waals surface area contributed by atoms with Crippen molar-refractivity contribution in [3.8, 4) is 6.07 Å². The highest BCUT2D eigenvalue weighted by Gasteiger charge is 2.49. The molecule has 1 aromatic rings. The van der Waals surface area contributed by atoms with Gasteiger partial charge in [-0.1, -0.05) is 0 Å². The fourth-order valence-corrected chi connectivity index (χ4v) is 5.45. The van der Waals surface area contributed by atoms with E-state index >= 15 is 0 Å².